The molecule has 1 atom stereocenters. The van der Waals surface area contributed by atoms with Crippen LogP contribution in [0.5, 0.6) is 0 Å². The molecule has 198 valence electrons. The molecule has 1 N–H and O–H groups in total. The van der Waals surface area contributed by atoms with E-state index in [4.69, 9.17) is 16.3 Å². The van der Waals surface area contributed by atoms with E-state index in [1.807, 2.05) is 27.7 Å². The monoisotopic (exact) mass is 532 g/mol. The summed E-state index contributed by atoms with van der Waals surface area (Å²) in [6.07, 6.45) is 0.736. The highest BCUT2D eigenvalue weighted by Crippen LogP contribution is 2.39. The van der Waals surface area contributed by atoms with Crippen molar-refractivity contribution in [2.75, 3.05) is 18.9 Å². The van der Waals surface area contributed by atoms with E-state index < -0.39 is 23.3 Å². The van der Waals surface area contributed by atoms with Gasteiger partial charge in [0.15, 0.2) is 0 Å². The third-order valence-corrected chi connectivity index (χ3v) is 5.85. The van der Waals surface area contributed by atoms with Crippen molar-refractivity contribution in [3.05, 3.63) is 40.8 Å². The number of benzene rings is 1. The van der Waals surface area contributed by atoms with Crippen LogP contribution >= 0.6 is 11.6 Å². The Morgan fingerprint density at radius 2 is 1.81 bits per heavy atom. The number of carbonyl (C=O) groups excluding carboxylic acids is 1. The van der Waals surface area contributed by atoms with Crippen molar-refractivity contribution in [2.45, 2.75) is 60.1 Å². The lowest BCUT2D eigenvalue weighted by atomic mass is 9.88. The largest absolute Gasteiger partial charge is 0.444 e. The molecule has 0 radical (unpaired) electrons. The van der Waals surface area contributed by atoms with Gasteiger partial charge in [-0.3, -0.25) is 0 Å². The van der Waals surface area contributed by atoms with Gasteiger partial charge in [-0.2, -0.15) is 19.6 Å². The number of ether oxygens (including phenoxy) is 1. The smallest absolute Gasteiger partial charge is 0.410 e. The number of hydrogen-bond acceptors (Lipinski definition) is 6. The Morgan fingerprint density at radius 3 is 2.38 bits per heavy atom. The van der Waals surface area contributed by atoms with Gasteiger partial charge in [0.05, 0.1) is 17.7 Å². The zero-order valence-electron chi connectivity index (χ0n) is 22.2. The predicted molar refractivity (Wildman–Crippen MR) is 139 cm³/mol. The molecule has 11 heteroatoms. The first kappa shape index (κ1) is 28.1. The standard InChI is InChI=1S/C26H31ClF2N6O2/c1-15(25(2,3)4)32-22-20(21(27)33-23-30-14-31-35(22)23)19-17(28)12-16(13-18(19)29)10-9-11-34(8)24(36)37-26(5,6)7/h12-15,32H,11H2,1-8H3/t15-/m1/s1. The van der Waals surface area contributed by atoms with Crippen LogP contribution in [-0.2, 0) is 4.74 Å². The molecule has 0 aliphatic carbocycles. The fourth-order valence-corrected chi connectivity index (χ4v) is 3.40. The van der Waals surface area contributed by atoms with Crippen LogP contribution in [0.15, 0.2) is 18.5 Å². The van der Waals surface area contributed by atoms with E-state index >= 15 is 8.78 Å². The molecule has 0 spiro atoms. The van der Waals surface area contributed by atoms with E-state index in [0.29, 0.717) is 0 Å². The molecule has 3 aromatic rings. The molecular formula is C26H31ClF2N6O2. The molecule has 0 unspecified atom stereocenters. The highest BCUT2D eigenvalue weighted by molar-refractivity contribution is 6.33. The zero-order valence-corrected chi connectivity index (χ0v) is 23.0. The Kier molecular flexibility index (Phi) is 7.98. The topological polar surface area (TPSA) is 84.7 Å². The summed E-state index contributed by atoms with van der Waals surface area (Å²) in [6, 6.07) is 2.09. The van der Waals surface area contributed by atoms with Gasteiger partial charge >= 0.3 is 6.09 Å². The lowest BCUT2D eigenvalue weighted by Gasteiger charge is -2.30. The number of fused-ring (bicyclic) bond motifs is 1. The third kappa shape index (κ3) is 6.66. The zero-order chi connectivity index (χ0) is 27.7. The van der Waals surface area contributed by atoms with Gasteiger partial charge in [-0.15, -0.1) is 0 Å². The molecular weight excluding hydrogens is 502 g/mol. The Labute approximate surface area is 220 Å². The number of aromatic nitrogens is 4. The highest BCUT2D eigenvalue weighted by atomic mass is 35.5. The van der Waals surface area contributed by atoms with E-state index in [9.17, 15) is 4.79 Å². The van der Waals surface area contributed by atoms with Crippen molar-refractivity contribution in [2.24, 2.45) is 5.41 Å². The highest BCUT2D eigenvalue weighted by Gasteiger charge is 2.27. The van der Waals surface area contributed by atoms with Crippen LogP contribution in [0.2, 0.25) is 5.15 Å². The van der Waals surface area contributed by atoms with Gasteiger partial charge in [0.2, 0.25) is 0 Å². The van der Waals surface area contributed by atoms with Gasteiger partial charge in [-0.05, 0) is 45.2 Å². The second-order valence-corrected chi connectivity index (χ2v) is 11.1. The molecule has 1 aromatic carbocycles. The summed E-state index contributed by atoms with van der Waals surface area (Å²) in [5.41, 5.74) is -1.09. The van der Waals surface area contributed by atoms with Crippen LogP contribution in [0.25, 0.3) is 16.9 Å². The maximum Gasteiger partial charge on any atom is 0.410 e. The maximum absolute atomic E-state index is 15.4. The normalized spacial score (nSPS) is 12.6. The fourth-order valence-electron chi connectivity index (χ4n) is 3.14. The molecule has 2 heterocycles. The summed E-state index contributed by atoms with van der Waals surface area (Å²) in [5, 5.41) is 7.32. The van der Waals surface area contributed by atoms with Crippen LogP contribution in [-0.4, -0.2) is 55.8 Å². The van der Waals surface area contributed by atoms with Crippen LogP contribution in [0, 0.1) is 28.9 Å². The van der Waals surface area contributed by atoms with Gasteiger partial charge in [-0.1, -0.05) is 44.2 Å². The van der Waals surface area contributed by atoms with E-state index in [1.165, 1.54) is 22.8 Å². The Hall–Kier alpha value is -3.45. The molecule has 8 nitrogen and oxygen atoms in total. The van der Waals surface area contributed by atoms with Crippen LogP contribution in [0.3, 0.4) is 0 Å². The van der Waals surface area contributed by atoms with Crippen LogP contribution in [0.4, 0.5) is 19.4 Å². The molecule has 0 fully saturated rings. The van der Waals surface area contributed by atoms with E-state index in [2.05, 4.69) is 32.2 Å². The Morgan fingerprint density at radius 1 is 1.19 bits per heavy atom. The quantitative estimate of drug-likeness (QED) is 0.338. The van der Waals surface area contributed by atoms with E-state index in [0.717, 1.165) is 12.1 Å². The first-order chi connectivity index (χ1) is 17.1. The third-order valence-electron chi connectivity index (χ3n) is 5.58. The SMILES string of the molecule is C[C@@H](Nc1c(-c2c(F)cc(C#CCN(C)C(=O)OC(C)(C)C)cc2F)c(Cl)nc2ncnn12)C(C)(C)C. The first-order valence-electron chi connectivity index (χ1n) is 11.7. The molecule has 0 aliphatic rings. The van der Waals surface area contributed by atoms with Gasteiger partial charge in [-0.25, -0.2) is 13.6 Å². The minimum Gasteiger partial charge on any atom is -0.444 e. The molecule has 0 aliphatic heterocycles. The van der Waals surface area contributed by atoms with Gasteiger partial charge in [0.1, 0.15) is 34.5 Å². The van der Waals surface area contributed by atoms with Crippen molar-refractivity contribution >= 4 is 29.3 Å². The van der Waals surface area contributed by atoms with Crippen LogP contribution < -0.4 is 5.32 Å². The fraction of sp³-hybridized carbons (Fsp3) is 0.462. The van der Waals surface area contributed by atoms with E-state index in [-0.39, 0.29) is 51.4 Å². The predicted octanol–water partition coefficient (Wildman–Crippen LogP) is 5.79. The molecule has 2 aromatic heterocycles. The van der Waals surface area contributed by atoms with Crippen molar-refractivity contribution in [3.63, 3.8) is 0 Å². The Bertz CT molecular complexity index is 1360. The second kappa shape index (κ2) is 10.5. The summed E-state index contributed by atoms with van der Waals surface area (Å²) in [7, 11) is 1.52. The van der Waals surface area contributed by atoms with E-state index in [1.54, 1.807) is 20.8 Å². The number of halogens is 3. The summed E-state index contributed by atoms with van der Waals surface area (Å²) in [5.74, 6) is 4.13. The van der Waals surface area contributed by atoms with Crippen molar-refractivity contribution in [1.82, 2.24) is 24.5 Å². The second-order valence-electron chi connectivity index (χ2n) is 10.8. The van der Waals surface area contributed by atoms with Gasteiger partial charge in [0, 0.05) is 18.7 Å². The first-order valence-corrected chi connectivity index (χ1v) is 12.0. The average molecular weight is 533 g/mol. The number of hydrogen-bond donors (Lipinski definition) is 1. The number of rotatable bonds is 4. The summed E-state index contributed by atoms with van der Waals surface area (Å²) in [6.45, 7) is 13.3. The number of amides is 1. The van der Waals surface area contributed by atoms with Crippen LogP contribution in [0.1, 0.15) is 54.0 Å². The lowest BCUT2D eigenvalue weighted by molar-refractivity contribution is 0.0321. The lowest BCUT2D eigenvalue weighted by Crippen LogP contribution is -2.34. The van der Waals surface area contributed by atoms with Gasteiger partial charge < -0.3 is 15.0 Å². The molecule has 0 saturated heterocycles. The number of anilines is 1. The van der Waals surface area contributed by atoms with Crippen molar-refractivity contribution in [1.29, 1.82) is 0 Å². The van der Waals surface area contributed by atoms with Crippen molar-refractivity contribution < 1.29 is 18.3 Å². The number of carbonyl (C=O) groups is 1. The number of nitrogens with zero attached hydrogens (tertiary/aromatic N) is 5. The summed E-state index contributed by atoms with van der Waals surface area (Å²) < 4.78 is 37.4. The summed E-state index contributed by atoms with van der Waals surface area (Å²) in [4.78, 5) is 21.6. The summed E-state index contributed by atoms with van der Waals surface area (Å²) >= 11 is 6.43. The van der Waals surface area contributed by atoms with Crippen molar-refractivity contribution in [3.8, 4) is 23.0 Å². The maximum atomic E-state index is 15.4. The molecule has 0 bridgehead atoms. The molecule has 0 saturated carbocycles. The average Bonchev–Trinajstić information content (AvgIpc) is 3.21. The minimum absolute atomic E-state index is 0.0113. The molecule has 3 rings (SSSR count). The van der Waals surface area contributed by atoms with Gasteiger partial charge in [0.25, 0.3) is 5.78 Å². The molecule has 37 heavy (non-hydrogen) atoms. The minimum atomic E-state index is -0.876. The number of nitrogens with one attached hydrogen (secondary N) is 1. The Balaban J connectivity index is 1.99. The molecule has 1 amide bonds.